The molecule has 1 aromatic heterocycles. The number of thiophene rings is 1. The summed E-state index contributed by atoms with van der Waals surface area (Å²) >= 11 is 1.36. The minimum Gasteiger partial charge on any atom is -0.462 e. The van der Waals surface area contributed by atoms with Crippen LogP contribution in [-0.4, -0.2) is 45.5 Å². The second kappa shape index (κ2) is 11.1. The minimum atomic E-state index is -3.89. The van der Waals surface area contributed by atoms with Gasteiger partial charge in [-0.25, -0.2) is 13.2 Å². The lowest BCUT2D eigenvalue weighted by molar-refractivity contribution is 0.0526. The summed E-state index contributed by atoms with van der Waals surface area (Å²) in [7, 11) is -3.89. The molecule has 8 heteroatoms. The largest absolute Gasteiger partial charge is 0.462 e. The van der Waals surface area contributed by atoms with Crippen molar-refractivity contribution in [2.45, 2.75) is 51.3 Å². The number of aryl methyl sites for hydroxylation is 1. The number of nitrogens with zero attached hydrogens (tertiary/aromatic N) is 1. The first-order valence-corrected chi connectivity index (χ1v) is 13.5. The van der Waals surface area contributed by atoms with E-state index >= 15 is 0 Å². The molecule has 1 N–H and O–H groups in total. The number of sulfonamides is 1. The van der Waals surface area contributed by atoms with Crippen molar-refractivity contribution in [3.8, 4) is 0 Å². The molecule has 1 aromatic carbocycles. The molecule has 1 heterocycles. The lowest BCUT2D eigenvalue weighted by atomic mass is 9.95. The van der Waals surface area contributed by atoms with Gasteiger partial charge in [-0.2, -0.15) is 0 Å². The number of hydrogen-bond acceptors (Lipinski definition) is 6. The highest BCUT2D eigenvalue weighted by Gasteiger charge is 2.29. The quantitative estimate of drug-likeness (QED) is 0.491. The number of benzene rings is 1. The van der Waals surface area contributed by atoms with Gasteiger partial charge in [0.25, 0.3) is 10.0 Å². The van der Waals surface area contributed by atoms with E-state index in [1.54, 1.807) is 25.1 Å². The summed E-state index contributed by atoms with van der Waals surface area (Å²) in [5.74, 6) is -0.461. The third kappa shape index (κ3) is 5.60. The number of fused-ring (bicyclic) bond motifs is 1. The first-order valence-electron chi connectivity index (χ1n) is 11.2. The van der Waals surface area contributed by atoms with Crippen LogP contribution in [0.3, 0.4) is 0 Å². The van der Waals surface area contributed by atoms with E-state index in [2.05, 4.69) is 23.5 Å². The van der Waals surface area contributed by atoms with Crippen LogP contribution >= 0.6 is 11.3 Å². The van der Waals surface area contributed by atoms with Gasteiger partial charge in [-0.3, -0.25) is 4.72 Å². The number of carbonyl (C=O) groups is 1. The highest BCUT2D eigenvalue weighted by Crippen LogP contribution is 2.39. The van der Waals surface area contributed by atoms with E-state index in [9.17, 15) is 13.2 Å². The molecule has 0 atom stereocenters. The van der Waals surface area contributed by atoms with Crippen molar-refractivity contribution in [2.75, 3.05) is 31.0 Å². The number of anilines is 1. The molecule has 1 aliphatic rings. The van der Waals surface area contributed by atoms with Gasteiger partial charge < -0.3 is 9.64 Å². The Morgan fingerprint density at radius 2 is 1.88 bits per heavy atom. The highest BCUT2D eigenvalue weighted by atomic mass is 32.2. The van der Waals surface area contributed by atoms with Gasteiger partial charge in [0.05, 0.1) is 17.1 Å². The molecule has 2 aromatic rings. The number of likely N-dealkylation sites (N-methyl/N-ethyl adjacent to an activating group) is 1. The normalized spacial score (nSPS) is 14.0. The van der Waals surface area contributed by atoms with E-state index in [0.717, 1.165) is 55.8 Å². The molecule has 0 amide bonds. The second-order valence-corrected chi connectivity index (χ2v) is 10.4. The summed E-state index contributed by atoms with van der Waals surface area (Å²) < 4.78 is 34.7. The van der Waals surface area contributed by atoms with Crippen LogP contribution in [0.25, 0.3) is 6.08 Å². The van der Waals surface area contributed by atoms with Crippen molar-refractivity contribution in [2.24, 2.45) is 0 Å². The Morgan fingerprint density at radius 1 is 1.16 bits per heavy atom. The van der Waals surface area contributed by atoms with Gasteiger partial charge in [-0.15, -0.1) is 11.3 Å². The summed E-state index contributed by atoms with van der Waals surface area (Å²) in [6, 6.07) is 6.92. The zero-order chi connectivity index (χ0) is 23.1. The topological polar surface area (TPSA) is 75.7 Å². The number of esters is 1. The van der Waals surface area contributed by atoms with Crippen LogP contribution in [0.2, 0.25) is 0 Å². The van der Waals surface area contributed by atoms with E-state index in [4.69, 9.17) is 4.74 Å². The van der Waals surface area contributed by atoms with Crippen molar-refractivity contribution in [3.63, 3.8) is 0 Å². The predicted octanol–water partition coefficient (Wildman–Crippen LogP) is 4.96. The molecule has 0 fully saturated rings. The molecule has 32 heavy (non-hydrogen) atoms. The Kier molecular flexibility index (Phi) is 8.51. The summed E-state index contributed by atoms with van der Waals surface area (Å²) in [6.45, 7) is 8.81. The number of ether oxygens (including phenoxy) is 1. The first-order chi connectivity index (χ1) is 15.4. The Labute approximate surface area is 195 Å². The average molecular weight is 477 g/mol. The van der Waals surface area contributed by atoms with Crippen LogP contribution in [-0.2, 0) is 27.6 Å². The molecule has 3 rings (SSSR count). The maximum atomic E-state index is 13.4. The maximum absolute atomic E-state index is 13.4. The van der Waals surface area contributed by atoms with Gasteiger partial charge in [-0.1, -0.05) is 44.2 Å². The smallest absolute Gasteiger partial charge is 0.341 e. The van der Waals surface area contributed by atoms with E-state index in [-0.39, 0.29) is 11.5 Å². The molecule has 0 spiro atoms. The maximum Gasteiger partial charge on any atom is 0.341 e. The number of carbonyl (C=O) groups excluding carboxylic acids is 1. The monoisotopic (exact) mass is 476 g/mol. The van der Waals surface area contributed by atoms with E-state index in [0.29, 0.717) is 16.1 Å². The lowest BCUT2D eigenvalue weighted by Gasteiger charge is -2.15. The van der Waals surface area contributed by atoms with E-state index in [1.807, 2.05) is 18.2 Å². The summed E-state index contributed by atoms with van der Waals surface area (Å²) in [5.41, 5.74) is 1.93. The molecule has 0 aliphatic heterocycles. The van der Waals surface area contributed by atoms with Crippen molar-refractivity contribution < 1.29 is 17.9 Å². The zero-order valence-corrected chi connectivity index (χ0v) is 20.7. The fourth-order valence-corrected chi connectivity index (χ4v) is 6.69. The van der Waals surface area contributed by atoms with Crippen LogP contribution < -0.4 is 4.72 Å². The van der Waals surface area contributed by atoms with E-state index < -0.39 is 16.0 Å². The van der Waals surface area contributed by atoms with E-state index in [1.165, 1.54) is 11.3 Å². The van der Waals surface area contributed by atoms with Gasteiger partial charge in [0.2, 0.25) is 0 Å². The third-order valence-electron chi connectivity index (χ3n) is 5.64. The molecule has 0 bridgehead atoms. The molecular formula is C24H32N2O4S2. The summed E-state index contributed by atoms with van der Waals surface area (Å²) in [6.07, 6.45) is 7.49. The number of hydrogen-bond donors (Lipinski definition) is 1. The van der Waals surface area contributed by atoms with Crippen LogP contribution in [0, 0.1) is 0 Å². The Morgan fingerprint density at radius 3 is 2.59 bits per heavy atom. The standard InChI is InChI=1S/C24H32N2O4S2/c1-4-26(5-2)17-11-13-18-12-7-10-16-21(18)32(28,29)25-23-22(24(27)30-6-3)19-14-8-9-15-20(19)31-23/h7,10-13,16,25H,4-6,8-9,14-15,17H2,1-3H3/b13-11-. The molecule has 6 nitrogen and oxygen atoms in total. The van der Waals surface area contributed by atoms with Crippen LogP contribution in [0.1, 0.15) is 60.0 Å². The Bertz CT molecular complexity index is 1070. The van der Waals surface area contributed by atoms with Crippen LogP contribution in [0.4, 0.5) is 5.00 Å². The van der Waals surface area contributed by atoms with Crippen LogP contribution in [0.15, 0.2) is 35.2 Å². The Hall–Kier alpha value is -2.16. The van der Waals surface area contributed by atoms with Crippen LogP contribution in [0.5, 0.6) is 0 Å². The third-order valence-corrected chi connectivity index (χ3v) is 8.40. The first kappa shape index (κ1) is 24.5. The molecular weight excluding hydrogens is 444 g/mol. The highest BCUT2D eigenvalue weighted by molar-refractivity contribution is 7.93. The Balaban J connectivity index is 1.93. The van der Waals surface area contributed by atoms with Gasteiger partial charge >= 0.3 is 5.97 Å². The minimum absolute atomic E-state index is 0.192. The average Bonchev–Trinajstić information content (AvgIpc) is 3.14. The molecule has 0 unspecified atom stereocenters. The molecule has 0 radical (unpaired) electrons. The fraction of sp³-hybridized carbons (Fsp3) is 0.458. The van der Waals surface area contributed by atoms with Crippen molar-refractivity contribution >= 4 is 38.4 Å². The van der Waals surface area contributed by atoms with Gasteiger partial charge in [-0.05, 0) is 62.9 Å². The molecule has 174 valence electrons. The second-order valence-electron chi connectivity index (χ2n) is 7.67. The molecule has 0 saturated heterocycles. The zero-order valence-electron chi connectivity index (χ0n) is 19.0. The predicted molar refractivity (Wildman–Crippen MR) is 131 cm³/mol. The summed E-state index contributed by atoms with van der Waals surface area (Å²) in [5, 5.41) is 0.359. The number of rotatable bonds is 10. The lowest BCUT2D eigenvalue weighted by Crippen LogP contribution is -2.22. The van der Waals surface area contributed by atoms with Crippen molar-refractivity contribution in [3.05, 3.63) is 51.9 Å². The number of nitrogens with one attached hydrogen (secondary N) is 1. The van der Waals surface area contributed by atoms with Gasteiger partial charge in [0.15, 0.2) is 0 Å². The molecule has 0 saturated carbocycles. The fourth-order valence-electron chi connectivity index (χ4n) is 3.91. The van der Waals surface area contributed by atoms with Crippen molar-refractivity contribution in [1.29, 1.82) is 0 Å². The van der Waals surface area contributed by atoms with Gasteiger partial charge in [0, 0.05) is 11.4 Å². The van der Waals surface area contributed by atoms with Gasteiger partial charge in [0.1, 0.15) is 5.00 Å². The summed E-state index contributed by atoms with van der Waals surface area (Å²) in [4.78, 5) is 16.2. The van der Waals surface area contributed by atoms with Crippen molar-refractivity contribution in [1.82, 2.24) is 4.90 Å². The molecule has 1 aliphatic carbocycles. The SMILES string of the molecule is CCOC(=O)c1c(NS(=O)(=O)c2ccccc2/C=C\CN(CC)CC)sc2c1CCCC2.